The number of nitrogens with zero attached hydrogens (tertiary/aromatic N) is 2. The van der Waals surface area contributed by atoms with E-state index >= 15 is 0 Å². The molecule has 0 aromatic heterocycles. The smallest absolute Gasteiger partial charge is 0.271 e. The first-order valence-corrected chi connectivity index (χ1v) is 29.5. The molecule has 0 spiro atoms. The first-order chi connectivity index (χ1) is 38.0. The van der Waals surface area contributed by atoms with Crippen LogP contribution in [0.3, 0.4) is 0 Å². The van der Waals surface area contributed by atoms with Crippen LogP contribution in [0, 0.1) is 20.2 Å². The van der Waals surface area contributed by atoms with E-state index in [1.165, 1.54) is 0 Å². The van der Waals surface area contributed by atoms with Crippen LogP contribution < -0.4 is 28.4 Å². The van der Waals surface area contributed by atoms with Gasteiger partial charge >= 0.3 is 0 Å². The molecule has 8 bridgehead atoms. The molecule has 6 aromatic rings. The summed E-state index contributed by atoms with van der Waals surface area (Å²) in [7, 11) is -5.81. The van der Waals surface area contributed by atoms with Crippen molar-refractivity contribution in [2.75, 3.05) is 27.4 Å². The highest BCUT2D eigenvalue weighted by Gasteiger charge is 2.31. The Morgan fingerprint density at radius 1 is 0.427 bits per heavy atom. The average molecular weight is 1160 g/mol. The van der Waals surface area contributed by atoms with Gasteiger partial charge in [0.2, 0.25) is 0 Å². The van der Waals surface area contributed by atoms with Gasteiger partial charge in [0.05, 0.1) is 33.9 Å². The zero-order valence-corrected chi connectivity index (χ0v) is 50.5. The number of non-ortho nitro benzene ring substituents is 2. The Morgan fingerprint density at radius 2 is 0.646 bits per heavy atom. The van der Waals surface area contributed by atoms with Crippen molar-refractivity contribution >= 4 is 43.2 Å². The lowest BCUT2D eigenvalue weighted by Crippen LogP contribution is -2.34. The molecule has 0 saturated carbocycles. The van der Waals surface area contributed by atoms with Gasteiger partial charge in [-0.1, -0.05) is 132 Å². The Morgan fingerprint density at radius 3 is 0.841 bits per heavy atom. The third-order valence-electron chi connectivity index (χ3n) is 14.3. The molecular formula is C62H72N4O14S2. The van der Waals surface area contributed by atoms with Crippen molar-refractivity contribution in [3.63, 3.8) is 0 Å². The van der Waals surface area contributed by atoms with E-state index in [2.05, 4.69) is 117 Å². The molecule has 2 N–H and O–H groups in total. The van der Waals surface area contributed by atoms with Crippen LogP contribution >= 0.6 is 0 Å². The van der Waals surface area contributed by atoms with Crippen LogP contribution in [0.5, 0.6) is 23.0 Å². The van der Waals surface area contributed by atoms with Crippen LogP contribution in [0.1, 0.15) is 150 Å². The number of ether oxygens (including phenoxy) is 4. The quantitative estimate of drug-likeness (QED) is 0.0759. The highest BCUT2D eigenvalue weighted by Crippen LogP contribution is 2.44. The second-order valence-electron chi connectivity index (χ2n) is 24.7. The lowest BCUT2D eigenvalue weighted by atomic mass is 9.79. The SMILES string of the molecule is COc1c2cc(C(C)(C)C)cc1Cc1cc(C(C)(C)C)cc(c1OCC(=O)NS(=O)(=O)c1ccc([N+](=O)[O-])cc1)Cc1cc(C(C)(C)C)cc(c1OC)Cc1cc(C(C)(C)C)cc(c1OCC(=O)NS(=O)(=O)c1ccc([N+](=O)[O-])cc1)C2. The van der Waals surface area contributed by atoms with E-state index in [0.717, 1.165) is 93.0 Å². The summed E-state index contributed by atoms with van der Waals surface area (Å²) in [6.45, 7) is 23.7. The van der Waals surface area contributed by atoms with E-state index < -0.39 is 76.6 Å². The van der Waals surface area contributed by atoms with Crippen molar-refractivity contribution in [3.8, 4) is 23.0 Å². The van der Waals surface area contributed by atoms with Gasteiger partial charge in [-0.3, -0.25) is 29.8 Å². The first kappa shape index (κ1) is 61.8. The van der Waals surface area contributed by atoms with Gasteiger partial charge in [0.1, 0.15) is 23.0 Å². The van der Waals surface area contributed by atoms with Crippen LogP contribution in [0.4, 0.5) is 11.4 Å². The molecule has 0 atom stereocenters. The minimum absolute atomic E-state index is 0.194. The maximum Gasteiger partial charge on any atom is 0.271 e. The third-order valence-corrected chi connectivity index (χ3v) is 17.1. The topological polar surface area (TPSA) is 250 Å². The average Bonchev–Trinajstić information content (AvgIpc) is 3.46. The van der Waals surface area contributed by atoms with Gasteiger partial charge < -0.3 is 18.9 Å². The third kappa shape index (κ3) is 14.2. The molecule has 0 unspecified atom stereocenters. The summed E-state index contributed by atoms with van der Waals surface area (Å²) in [5.41, 5.74) is 7.15. The Hall–Kier alpha value is -7.84. The molecule has 0 aliphatic heterocycles. The van der Waals surface area contributed by atoms with Gasteiger partial charge in [0, 0.05) is 49.9 Å². The highest BCUT2D eigenvalue weighted by atomic mass is 32.2. The second kappa shape index (κ2) is 23.2. The number of nitro groups is 2. The van der Waals surface area contributed by atoms with E-state index in [-0.39, 0.29) is 46.8 Å². The second-order valence-corrected chi connectivity index (χ2v) is 28.1. The van der Waals surface area contributed by atoms with Crippen LogP contribution in [0.2, 0.25) is 0 Å². The van der Waals surface area contributed by atoms with Gasteiger partial charge in [-0.05, 0) is 113 Å². The minimum atomic E-state index is -4.49. The summed E-state index contributed by atoms with van der Waals surface area (Å²) >= 11 is 0. The number of carbonyl (C=O) groups excluding carboxylic acids is 2. The van der Waals surface area contributed by atoms with Gasteiger partial charge in [-0.2, -0.15) is 0 Å². The number of hydrogen-bond donors (Lipinski definition) is 2. The van der Waals surface area contributed by atoms with Crippen LogP contribution in [0.15, 0.2) is 107 Å². The molecule has 436 valence electrons. The van der Waals surface area contributed by atoms with E-state index in [1.807, 2.05) is 24.3 Å². The maximum atomic E-state index is 13.8. The van der Waals surface area contributed by atoms with Gasteiger partial charge in [0.25, 0.3) is 43.2 Å². The zero-order chi connectivity index (χ0) is 60.7. The fraction of sp³-hybridized carbons (Fsp3) is 0.387. The standard InChI is InChI=1S/C62H72N4O14S2/c1-59(2,3)45-27-37-23-41-31-47(61(7,8)9)33-43(57(41)79-35-53(67)63-81(73,74)51-19-15-49(16-20-51)65(69)70)25-39-29-46(60(4,5)6)30-40(56(39)78-14)26-44-34-48(62(10,11)12)32-42(24-38(28-45)55(37)77-13)58(44)80-36-54(68)64-82(75,76)52-21-17-50(18-22-52)66(71)72/h15-22,27-34H,23-26,35-36H2,1-14H3,(H,63,67)(H,64,68). The van der Waals surface area contributed by atoms with E-state index in [0.29, 0.717) is 45.3 Å². The van der Waals surface area contributed by atoms with Crippen molar-refractivity contribution < 1.29 is 55.2 Å². The highest BCUT2D eigenvalue weighted by molar-refractivity contribution is 7.90. The molecule has 0 fully saturated rings. The van der Waals surface area contributed by atoms with Crippen molar-refractivity contribution in [3.05, 3.63) is 184 Å². The number of sulfonamides is 2. The summed E-state index contributed by atoms with van der Waals surface area (Å²) in [5, 5.41) is 22.6. The Bertz CT molecular complexity index is 3380. The number of methoxy groups -OCH3 is 2. The van der Waals surface area contributed by atoms with Crippen molar-refractivity contribution in [2.45, 2.75) is 140 Å². The lowest BCUT2D eigenvalue weighted by molar-refractivity contribution is -0.385. The first-order valence-electron chi connectivity index (χ1n) is 26.6. The number of amides is 2. The summed E-state index contributed by atoms with van der Waals surface area (Å²) < 4.78 is 84.2. The molecule has 0 radical (unpaired) electrons. The summed E-state index contributed by atoms with van der Waals surface area (Å²) in [5.74, 6) is -0.243. The number of nitro benzene ring substituents is 2. The Balaban J connectivity index is 1.46. The van der Waals surface area contributed by atoms with Crippen LogP contribution in [-0.2, 0) is 77.0 Å². The van der Waals surface area contributed by atoms with E-state index in [9.17, 15) is 46.7 Å². The van der Waals surface area contributed by atoms with Crippen molar-refractivity contribution in [1.29, 1.82) is 0 Å². The maximum absolute atomic E-state index is 13.8. The predicted octanol–water partition coefficient (Wildman–Crippen LogP) is 11.2. The number of nitrogens with one attached hydrogen (secondary N) is 2. The van der Waals surface area contributed by atoms with E-state index in [1.54, 1.807) is 14.2 Å². The van der Waals surface area contributed by atoms with Gasteiger partial charge in [0.15, 0.2) is 13.2 Å². The normalized spacial score (nSPS) is 13.1. The van der Waals surface area contributed by atoms with Crippen molar-refractivity contribution in [1.82, 2.24) is 9.44 Å². The molecule has 2 amide bonds. The largest absolute Gasteiger partial charge is 0.496 e. The molecule has 6 aromatic carbocycles. The monoisotopic (exact) mass is 1160 g/mol. The molecule has 1 aliphatic carbocycles. The summed E-state index contributed by atoms with van der Waals surface area (Å²) in [6.07, 6.45) is 0.776. The molecule has 0 saturated heterocycles. The summed E-state index contributed by atoms with van der Waals surface area (Å²) in [4.78, 5) is 48.3. The van der Waals surface area contributed by atoms with Crippen LogP contribution in [0.25, 0.3) is 0 Å². The van der Waals surface area contributed by atoms with Crippen LogP contribution in [-0.4, -0.2) is 65.9 Å². The Labute approximate surface area is 480 Å². The molecule has 7 rings (SSSR count). The number of carbonyl (C=O) groups is 2. The number of benzene rings is 6. The zero-order valence-electron chi connectivity index (χ0n) is 48.9. The lowest BCUT2D eigenvalue weighted by Gasteiger charge is -2.29. The van der Waals surface area contributed by atoms with Crippen molar-refractivity contribution in [2.24, 2.45) is 0 Å². The Kier molecular flexibility index (Phi) is 17.5. The summed E-state index contributed by atoms with van der Waals surface area (Å²) in [6, 6.07) is 24.8. The number of rotatable bonds is 14. The predicted molar refractivity (Wildman–Crippen MR) is 313 cm³/mol. The number of hydrogen-bond acceptors (Lipinski definition) is 14. The molecule has 0 heterocycles. The molecule has 20 heteroatoms. The number of fused-ring (bicyclic) bond motifs is 8. The van der Waals surface area contributed by atoms with Gasteiger partial charge in [-0.25, -0.2) is 26.3 Å². The minimum Gasteiger partial charge on any atom is -0.496 e. The molecule has 1 aliphatic rings. The molecular weight excluding hydrogens is 1090 g/mol. The molecule has 82 heavy (non-hydrogen) atoms. The molecule has 18 nitrogen and oxygen atoms in total. The van der Waals surface area contributed by atoms with E-state index in [4.69, 9.17) is 18.9 Å². The fourth-order valence-corrected chi connectivity index (χ4v) is 11.7. The van der Waals surface area contributed by atoms with Gasteiger partial charge in [-0.15, -0.1) is 0 Å². The fourth-order valence-electron chi connectivity index (χ4n) is 9.76.